The number of aromatic nitrogens is 2. The molecule has 0 aliphatic heterocycles. The third-order valence-corrected chi connectivity index (χ3v) is 3.69. The Hall–Kier alpha value is -0.840. The van der Waals surface area contributed by atoms with Crippen molar-refractivity contribution in [3.8, 4) is 11.3 Å². The van der Waals surface area contributed by atoms with Crippen molar-refractivity contribution in [1.82, 2.24) is 9.55 Å². The summed E-state index contributed by atoms with van der Waals surface area (Å²) in [6.07, 6.45) is 0.503. The van der Waals surface area contributed by atoms with Crippen LogP contribution in [-0.2, 0) is 13.5 Å². The highest BCUT2D eigenvalue weighted by atomic mass is 79.9. The zero-order valence-corrected chi connectivity index (χ0v) is 12.6. The average molecular weight is 330 g/mol. The number of hydrogen-bond acceptors (Lipinski definition) is 2. The first-order valence-electron chi connectivity index (χ1n) is 5.63. The number of hydrogen-bond donors (Lipinski definition) is 1. The van der Waals surface area contributed by atoms with Crippen LogP contribution < -0.4 is 0 Å². The van der Waals surface area contributed by atoms with Gasteiger partial charge >= 0.3 is 0 Å². The smallest absolute Gasteiger partial charge is 0.155 e. The molecule has 3 nitrogen and oxygen atoms in total. The summed E-state index contributed by atoms with van der Waals surface area (Å²) >= 11 is 9.68. The molecule has 0 amide bonds. The highest BCUT2D eigenvalue weighted by Gasteiger charge is 2.16. The fraction of sp³-hybridized carbons (Fsp3) is 0.308. The van der Waals surface area contributed by atoms with E-state index < -0.39 is 0 Å². The van der Waals surface area contributed by atoms with Gasteiger partial charge in [-0.2, -0.15) is 0 Å². The summed E-state index contributed by atoms with van der Waals surface area (Å²) in [5.41, 5.74) is 3.08. The molecule has 0 fully saturated rings. The van der Waals surface area contributed by atoms with Gasteiger partial charge in [0.05, 0.1) is 12.3 Å². The minimum absolute atomic E-state index is 0.0675. The summed E-state index contributed by atoms with van der Waals surface area (Å²) in [6.45, 7) is 2.11. The van der Waals surface area contributed by atoms with E-state index in [-0.39, 0.29) is 6.61 Å². The van der Waals surface area contributed by atoms with Crippen molar-refractivity contribution < 1.29 is 5.11 Å². The largest absolute Gasteiger partial charge is 0.396 e. The molecule has 2 rings (SSSR count). The van der Waals surface area contributed by atoms with E-state index in [4.69, 9.17) is 16.7 Å². The van der Waals surface area contributed by atoms with Gasteiger partial charge in [0.15, 0.2) is 5.15 Å². The summed E-state index contributed by atoms with van der Waals surface area (Å²) in [4.78, 5) is 4.30. The minimum Gasteiger partial charge on any atom is -0.396 e. The molecular formula is C13H14BrClN2O. The van der Waals surface area contributed by atoms with Crippen molar-refractivity contribution in [2.45, 2.75) is 13.3 Å². The van der Waals surface area contributed by atoms with Gasteiger partial charge in [-0.3, -0.25) is 0 Å². The lowest BCUT2D eigenvalue weighted by Gasteiger charge is -2.09. The first kappa shape index (κ1) is 13.6. The normalized spacial score (nSPS) is 10.9. The Morgan fingerprint density at radius 1 is 1.44 bits per heavy atom. The van der Waals surface area contributed by atoms with Crippen LogP contribution in [0.5, 0.6) is 0 Å². The summed E-state index contributed by atoms with van der Waals surface area (Å²) in [7, 11) is 1.92. The second-order valence-corrected chi connectivity index (χ2v) is 5.43. The average Bonchev–Trinajstić information content (AvgIpc) is 2.59. The van der Waals surface area contributed by atoms with Gasteiger partial charge in [0.25, 0.3) is 0 Å². The highest BCUT2D eigenvalue weighted by molar-refractivity contribution is 9.10. The summed E-state index contributed by atoms with van der Waals surface area (Å²) < 4.78 is 2.94. The van der Waals surface area contributed by atoms with Crippen LogP contribution >= 0.6 is 27.5 Å². The van der Waals surface area contributed by atoms with Crippen LogP contribution in [0.25, 0.3) is 11.3 Å². The molecule has 0 aliphatic rings. The second-order valence-electron chi connectivity index (χ2n) is 4.16. The molecule has 0 atom stereocenters. The Morgan fingerprint density at radius 2 is 2.17 bits per heavy atom. The highest BCUT2D eigenvalue weighted by Crippen LogP contribution is 2.32. The Kier molecular flexibility index (Phi) is 4.10. The molecule has 0 saturated heterocycles. The monoisotopic (exact) mass is 328 g/mol. The van der Waals surface area contributed by atoms with Crippen molar-refractivity contribution in [3.05, 3.63) is 39.2 Å². The molecule has 0 aliphatic carbocycles. The molecule has 1 aromatic carbocycles. The van der Waals surface area contributed by atoms with E-state index in [9.17, 15) is 0 Å². The van der Waals surface area contributed by atoms with Gasteiger partial charge in [-0.1, -0.05) is 33.6 Å². The van der Waals surface area contributed by atoms with Crippen molar-refractivity contribution >= 4 is 27.5 Å². The molecule has 1 aromatic heterocycles. The van der Waals surface area contributed by atoms with Crippen molar-refractivity contribution in [3.63, 3.8) is 0 Å². The quantitative estimate of drug-likeness (QED) is 0.938. The molecule has 0 saturated carbocycles. The van der Waals surface area contributed by atoms with Crippen LogP contribution in [0.15, 0.2) is 22.7 Å². The molecule has 0 spiro atoms. The van der Waals surface area contributed by atoms with Gasteiger partial charge in [0.2, 0.25) is 0 Å². The van der Waals surface area contributed by atoms with Gasteiger partial charge in [-0.15, -0.1) is 0 Å². The zero-order valence-electron chi connectivity index (χ0n) is 10.2. The van der Waals surface area contributed by atoms with Crippen LogP contribution in [0.1, 0.15) is 11.4 Å². The standard InChI is InChI=1S/C13H14BrClN2O/c1-8-3-4-9(14)7-10(8)12-13(15)16-11(5-6-18)17(12)2/h3-4,7,18H,5-6H2,1-2H3. The molecule has 18 heavy (non-hydrogen) atoms. The molecule has 1 N–H and O–H groups in total. The van der Waals surface area contributed by atoms with E-state index in [0.29, 0.717) is 11.6 Å². The second kappa shape index (κ2) is 5.43. The Bertz CT molecular complexity index is 581. The van der Waals surface area contributed by atoms with E-state index >= 15 is 0 Å². The number of imidazole rings is 1. The van der Waals surface area contributed by atoms with Gasteiger partial charge < -0.3 is 9.67 Å². The third kappa shape index (κ3) is 2.46. The number of aryl methyl sites for hydroxylation is 1. The van der Waals surface area contributed by atoms with Crippen molar-refractivity contribution in [2.24, 2.45) is 7.05 Å². The molecule has 0 bridgehead atoms. The maximum atomic E-state index is 9.01. The molecular weight excluding hydrogens is 316 g/mol. The van der Waals surface area contributed by atoms with E-state index in [0.717, 1.165) is 27.1 Å². The lowest BCUT2D eigenvalue weighted by Crippen LogP contribution is -2.02. The molecule has 0 unspecified atom stereocenters. The molecule has 0 radical (unpaired) electrons. The fourth-order valence-electron chi connectivity index (χ4n) is 1.97. The van der Waals surface area contributed by atoms with Crippen molar-refractivity contribution in [1.29, 1.82) is 0 Å². The van der Waals surface area contributed by atoms with Gasteiger partial charge in [0, 0.05) is 23.5 Å². The summed E-state index contributed by atoms with van der Waals surface area (Å²) in [5, 5.41) is 9.48. The maximum absolute atomic E-state index is 9.01. The lowest BCUT2D eigenvalue weighted by molar-refractivity contribution is 0.295. The maximum Gasteiger partial charge on any atom is 0.155 e. The lowest BCUT2D eigenvalue weighted by atomic mass is 10.1. The van der Waals surface area contributed by atoms with Crippen LogP contribution in [-0.4, -0.2) is 21.3 Å². The van der Waals surface area contributed by atoms with Gasteiger partial charge in [0.1, 0.15) is 5.82 Å². The number of benzene rings is 1. The van der Waals surface area contributed by atoms with Gasteiger partial charge in [-0.05, 0) is 24.6 Å². The van der Waals surface area contributed by atoms with E-state index in [1.54, 1.807) is 0 Å². The SMILES string of the molecule is Cc1ccc(Br)cc1-c1c(Cl)nc(CCO)n1C. The number of nitrogens with zero attached hydrogens (tertiary/aromatic N) is 2. The summed E-state index contributed by atoms with van der Waals surface area (Å²) in [5.74, 6) is 0.789. The van der Waals surface area contributed by atoms with E-state index in [1.165, 1.54) is 0 Å². The number of halogens is 2. The van der Waals surface area contributed by atoms with E-state index in [1.807, 2.05) is 36.7 Å². The third-order valence-electron chi connectivity index (χ3n) is 2.94. The number of aliphatic hydroxyl groups is 1. The first-order chi connectivity index (χ1) is 8.54. The van der Waals surface area contributed by atoms with E-state index in [2.05, 4.69) is 20.9 Å². The predicted octanol–water partition coefficient (Wildman–Crippen LogP) is 3.35. The van der Waals surface area contributed by atoms with Crippen LogP contribution in [0.3, 0.4) is 0 Å². The Labute approximate surface area is 120 Å². The molecule has 2 aromatic rings. The number of rotatable bonds is 3. The Morgan fingerprint density at radius 3 is 2.83 bits per heavy atom. The molecule has 1 heterocycles. The number of aliphatic hydroxyl groups excluding tert-OH is 1. The topological polar surface area (TPSA) is 38.1 Å². The summed E-state index contributed by atoms with van der Waals surface area (Å²) in [6, 6.07) is 6.06. The molecule has 96 valence electrons. The van der Waals surface area contributed by atoms with Crippen LogP contribution in [0.2, 0.25) is 5.15 Å². The van der Waals surface area contributed by atoms with Gasteiger partial charge in [-0.25, -0.2) is 4.98 Å². The van der Waals surface area contributed by atoms with Crippen LogP contribution in [0, 0.1) is 6.92 Å². The Balaban J connectivity index is 2.60. The van der Waals surface area contributed by atoms with Crippen molar-refractivity contribution in [2.75, 3.05) is 6.61 Å². The first-order valence-corrected chi connectivity index (χ1v) is 6.80. The fourth-order valence-corrected chi connectivity index (χ4v) is 2.66. The van der Waals surface area contributed by atoms with Crippen LogP contribution in [0.4, 0.5) is 0 Å². The minimum atomic E-state index is 0.0675. The molecule has 5 heteroatoms. The zero-order chi connectivity index (χ0) is 13.3. The predicted molar refractivity (Wildman–Crippen MR) is 76.9 cm³/mol.